The minimum absolute atomic E-state index is 0.279. The molecular formula is C15H20BrN3. The summed E-state index contributed by atoms with van der Waals surface area (Å²) in [5, 5.41) is 3.54. The van der Waals surface area contributed by atoms with Crippen molar-refractivity contribution in [1.82, 2.24) is 14.9 Å². The summed E-state index contributed by atoms with van der Waals surface area (Å²) in [6.45, 7) is 5.18. The molecule has 1 heterocycles. The third-order valence-corrected chi connectivity index (χ3v) is 3.98. The van der Waals surface area contributed by atoms with Crippen molar-refractivity contribution >= 4 is 15.9 Å². The quantitative estimate of drug-likeness (QED) is 0.914. The van der Waals surface area contributed by atoms with Crippen LogP contribution in [0.5, 0.6) is 0 Å². The van der Waals surface area contributed by atoms with Crippen LogP contribution in [0.1, 0.15) is 29.9 Å². The molecular weight excluding hydrogens is 302 g/mol. The molecule has 4 heteroatoms. The van der Waals surface area contributed by atoms with Crippen molar-refractivity contribution in [3.63, 3.8) is 0 Å². The Hall–Kier alpha value is -1.13. The van der Waals surface area contributed by atoms with Gasteiger partial charge in [0.25, 0.3) is 0 Å². The fourth-order valence-corrected chi connectivity index (χ4v) is 3.00. The summed E-state index contributed by atoms with van der Waals surface area (Å²) in [5.41, 5.74) is 2.55. The summed E-state index contributed by atoms with van der Waals surface area (Å²) in [6.07, 6.45) is 4.73. The maximum atomic E-state index is 4.42. The Morgan fingerprint density at radius 3 is 2.79 bits per heavy atom. The van der Waals surface area contributed by atoms with E-state index >= 15 is 0 Å². The number of imidazole rings is 1. The molecule has 0 saturated carbocycles. The second kappa shape index (κ2) is 6.35. The molecule has 0 spiro atoms. The first-order chi connectivity index (χ1) is 9.11. The lowest BCUT2D eigenvalue weighted by Crippen LogP contribution is -2.24. The van der Waals surface area contributed by atoms with Gasteiger partial charge in [-0.25, -0.2) is 4.98 Å². The van der Waals surface area contributed by atoms with Crippen LogP contribution in [0.4, 0.5) is 0 Å². The van der Waals surface area contributed by atoms with Crippen molar-refractivity contribution in [2.75, 3.05) is 6.54 Å². The lowest BCUT2D eigenvalue weighted by molar-refractivity contribution is 0.527. The second-order valence-electron chi connectivity index (χ2n) is 4.79. The lowest BCUT2D eigenvalue weighted by Gasteiger charge is -2.20. The van der Waals surface area contributed by atoms with Gasteiger partial charge in [0.15, 0.2) is 0 Å². The SMILES string of the molecule is CCNC(Cc1nccn1C)c1ccc(C)cc1Br. The molecule has 1 atom stereocenters. The monoisotopic (exact) mass is 321 g/mol. The van der Waals surface area contributed by atoms with Crippen molar-refractivity contribution in [3.8, 4) is 0 Å². The molecule has 2 aromatic rings. The predicted octanol–water partition coefficient (Wildman–Crippen LogP) is 3.38. The van der Waals surface area contributed by atoms with Crippen LogP contribution in [0, 0.1) is 6.92 Å². The largest absolute Gasteiger partial charge is 0.338 e. The van der Waals surface area contributed by atoms with Gasteiger partial charge >= 0.3 is 0 Å². The number of hydrogen-bond donors (Lipinski definition) is 1. The summed E-state index contributed by atoms with van der Waals surface area (Å²) >= 11 is 3.67. The van der Waals surface area contributed by atoms with E-state index < -0.39 is 0 Å². The van der Waals surface area contributed by atoms with Gasteiger partial charge in [-0.15, -0.1) is 0 Å². The number of aromatic nitrogens is 2. The van der Waals surface area contributed by atoms with Gasteiger partial charge in [0.2, 0.25) is 0 Å². The van der Waals surface area contributed by atoms with Crippen LogP contribution in [0.25, 0.3) is 0 Å². The molecule has 0 saturated heterocycles. The van der Waals surface area contributed by atoms with E-state index in [1.165, 1.54) is 11.1 Å². The number of halogens is 1. The van der Waals surface area contributed by atoms with Crippen molar-refractivity contribution in [2.24, 2.45) is 7.05 Å². The zero-order valence-corrected chi connectivity index (χ0v) is 13.2. The van der Waals surface area contributed by atoms with Gasteiger partial charge in [0, 0.05) is 36.4 Å². The van der Waals surface area contributed by atoms with Gasteiger partial charge in [-0.2, -0.15) is 0 Å². The van der Waals surface area contributed by atoms with Gasteiger partial charge in [0.05, 0.1) is 0 Å². The fourth-order valence-electron chi connectivity index (χ4n) is 2.23. The molecule has 1 aromatic carbocycles. The van der Waals surface area contributed by atoms with Crippen molar-refractivity contribution in [2.45, 2.75) is 26.3 Å². The minimum Gasteiger partial charge on any atom is -0.338 e. The van der Waals surface area contributed by atoms with E-state index in [0.29, 0.717) is 0 Å². The Morgan fingerprint density at radius 1 is 1.42 bits per heavy atom. The second-order valence-corrected chi connectivity index (χ2v) is 5.65. The Morgan fingerprint density at radius 2 is 2.21 bits per heavy atom. The van der Waals surface area contributed by atoms with Crippen molar-refractivity contribution < 1.29 is 0 Å². The first-order valence-electron chi connectivity index (χ1n) is 6.57. The van der Waals surface area contributed by atoms with Crippen molar-refractivity contribution in [3.05, 3.63) is 52.0 Å². The van der Waals surface area contributed by atoms with Crippen LogP contribution >= 0.6 is 15.9 Å². The van der Waals surface area contributed by atoms with E-state index in [9.17, 15) is 0 Å². The summed E-state index contributed by atoms with van der Waals surface area (Å²) in [5.74, 6) is 1.10. The lowest BCUT2D eigenvalue weighted by atomic mass is 10.0. The van der Waals surface area contributed by atoms with Crippen LogP contribution < -0.4 is 5.32 Å². The van der Waals surface area contributed by atoms with E-state index in [2.05, 4.69) is 62.8 Å². The average Bonchev–Trinajstić information content (AvgIpc) is 2.75. The summed E-state index contributed by atoms with van der Waals surface area (Å²) in [6, 6.07) is 6.79. The normalized spacial score (nSPS) is 12.6. The molecule has 0 radical (unpaired) electrons. The first kappa shape index (κ1) is 14.3. The number of aryl methyl sites for hydroxylation is 2. The Bertz CT molecular complexity index is 548. The summed E-state index contributed by atoms with van der Waals surface area (Å²) in [4.78, 5) is 4.42. The third kappa shape index (κ3) is 3.45. The number of likely N-dealkylation sites (N-methyl/N-ethyl adjacent to an activating group) is 1. The smallest absolute Gasteiger partial charge is 0.110 e. The molecule has 0 aliphatic carbocycles. The Kier molecular flexibility index (Phi) is 4.77. The van der Waals surface area contributed by atoms with E-state index in [0.717, 1.165) is 23.3 Å². The topological polar surface area (TPSA) is 29.9 Å². The Labute approximate surface area is 123 Å². The van der Waals surface area contributed by atoms with Gasteiger partial charge in [0.1, 0.15) is 5.82 Å². The molecule has 0 aliphatic rings. The van der Waals surface area contributed by atoms with E-state index in [4.69, 9.17) is 0 Å². The molecule has 3 nitrogen and oxygen atoms in total. The Balaban J connectivity index is 2.27. The summed E-state index contributed by atoms with van der Waals surface area (Å²) in [7, 11) is 2.04. The highest BCUT2D eigenvalue weighted by molar-refractivity contribution is 9.10. The zero-order chi connectivity index (χ0) is 13.8. The highest BCUT2D eigenvalue weighted by atomic mass is 79.9. The molecule has 1 aromatic heterocycles. The molecule has 19 heavy (non-hydrogen) atoms. The zero-order valence-electron chi connectivity index (χ0n) is 11.7. The molecule has 0 bridgehead atoms. The van der Waals surface area contributed by atoms with Crippen molar-refractivity contribution in [1.29, 1.82) is 0 Å². The standard InChI is InChI=1S/C15H20BrN3/c1-4-17-14(10-15-18-7-8-19(15)3)12-6-5-11(2)9-13(12)16/h5-9,14,17H,4,10H2,1-3H3. The van der Waals surface area contributed by atoms with Gasteiger partial charge in [-0.1, -0.05) is 35.0 Å². The molecule has 1 N–H and O–H groups in total. The summed E-state index contributed by atoms with van der Waals surface area (Å²) < 4.78 is 3.24. The fraction of sp³-hybridized carbons (Fsp3) is 0.400. The molecule has 102 valence electrons. The molecule has 0 amide bonds. The van der Waals surface area contributed by atoms with E-state index in [1.807, 2.05) is 19.4 Å². The van der Waals surface area contributed by atoms with Crippen LogP contribution in [-0.4, -0.2) is 16.1 Å². The van der Waals surface area contributed by atoms with E-state index in [-0.39, 0.29) is 6.04 Å². The van der Waals surface area contributed by atoms with Crippen LogP contribution in [-0.2, 0) is 13.5 Å². The van der Waals surface area contributed by atoms with Gasteiger partial charge < -0.3 is 9.88 Å². The maximum absolute atomic E-state index is 4.42. The van der Waals surface area contributed by atoms with E-state index in [1.54, 1.807) is 0 Å². The minimum atomic E-state index is 0.279. The highest BCUT2D eigenvalue weighted by Crippen LogP contribution is 2.26. The van der Waals surface area contributed by atoms with Gasteiger partial charge in [-0.3, -0.25) is 0 Å². The molecule has 0 fully saturated rings. The van der Waals surface area contributed by atoms with Crippen LogP contribution in [0.15, 0.2) is 35.1 Å². The molecule has 1 unspecified atom stereocenters. The number of nitrogens with one attached hydrogen (secondary N) is 1. The number of benzene rings is 1. The maximum Gasteiger partial charge on any atom is 0.110 e. The van der Waals surface area contributed by atoms with Crippen LogP contribution in [0.3, 0.4) is 0 Å². The van der Waals surface area contributed by atoms with Gasteiger partial charge in [-0.05, 0) is 30.7 Å². The van der Waals surface area contributed by atoms with Crippen LogP contribution in [0.2, 0.25) is 0 Å². The number of nitrogens with zero attached hydrogens (tertiary/aromatic N) is 2. The number of hydrogen-bond acceptors (Lipinski definition) is 2. The highest BCUT2D eigenvalue weighted by Gasteiger charge is 2.16. The predicted molar refractivity (Wildman–Crippen MR) is 82.2 cm³/mol. The average molecular weight is 322 g/mol. The molecule has 2 rings (SSSR count). The molecule has 0 aliphatic heterocycles. The number of rotatable bonds is 5. The third-order valence-electron chi connectivity index (χ3n) is 3.29. The first-order valence-corrected chi connectivity index (χ1v) is 7.36.